The van der Waals surface area contributed by atoms with E-state index in [1.165, 1.54) is 22.8 Å². The number of fused-ring (bicyclic) bond motifs is 1. The fourth-order valence-electron chi connectivity index (χ4n) is 2.14. The number of nitrogens with zero attached hydrogens (tertiary/aromatic N) is 2. The summed E-state index contributed by atoms with van der Waals surface area (Å²) in [5.41, 5.74) is 7.96. The van der Waals surface area contributed by atoms with Gasteiger partial charge in [-0.25, -0.2) is 13.8 Å². The van der Waals surface area contributed by atoms with Crippen molar-refractivity contribution in [2.45, 2.75) is 6.92 Å². The minimum absolute atomic E-state index is 0.113. The van der Waals surface area contributed by atoms with E-state index >= 15 is 0 Å². The Kier molecular flexibility index (Phi) is 2.97. The largest absolute Gasteiger partial charge is 0.369 e. The second-order valence-corrected chi connectivity index (χ2v) is 5.37. The number of halogens is 3. The lowest BCUT2D eigenvalue weighted by Crippen LogP contribution is -2.03. The van der Waals surface area contributed by atoms with Gasteiger partial charge in [-0.15, -0.1) is 0 Å². The van der Waals surface area contributed by atoms with Crippen LogP contribution in [0.4, 0.5) is 14.7 Å². The molecule has 0 saturated carbocycles. The van der Waals surface area contributed by atoms with Gasteiger partial charge in [0.25, 0.3) is 0 Å². The number of anilines is 1. The van der Waals surface area contributed by atoms with E-state index < -0.39 is 11.6 Å². The maximum atomic E-state index is 14.0. The number of aryl methyl sites for hydroxylation is 1. The van der Waals surface area contributed by atoms with Gasteiger partial charge < -0.3 is 5.73 Å². The molecule has 1 heterocycles. The highest BCUT2D eigenvalue weighted by atomic mass is 79.9. The molecule has 3 aromatic rings. The molecule has 0 bridgehead atoms. The van der Waals surface area contributed by atoms with Crippen molar-refractivity contribution in [1.29, 1.82) is 0 Å². The molecule has 2 aromatic carbocycles. The van der Waals surface area contributed by atoms with Crippen molar-refractivity contribution in [3.8, 4) is 5.69 Å². The highest BCUT2D eigenvalue weighted by Gasteiger charge is 2.15. The van der Waals surface area contributed by atoms with Crippen molar-refractivity contribution in [2.75, 3.05) is 5.73 Å². The summed E-state index contributed by atoms with van der Waals surface area (Å²) in [6.45, 7) is 1.85. The zero-order valence-corrected chi connectivity index (χ0v) is 12.1. The minimum atomic E-state index is -0.438. The molecule has 102 valence electrons. The van der Waals surface area contributed by atoms with E-state index in [-0.39, 0.29) is 10.4 Å². The van der Waals surface area contributed by atoms with E-state index in [0.29, 0.717) is 16.7 Å². The average Bonchev–Trinajstić information content (AvgIpc) is 2.69. The van der Waals surface area contributed by atoms with Crippen LogP contribution in [-0.4, -0.2) is 9.55 Å². The number of nitrogens with two attached hydrogens (primary N) is 1. The Bertz CT molecular complexity index is 827. The fourth-order valence-corrected chi connectivity index (χ4v) is 2.47. The Morgan fingerprint density at radius 3 is 2.65 bits per heavy atom. The van der Waals surface area contributed by atoms with Gasteiger partial charge in [-0.1, -0.05) is 6.07 Å². The van der Waals surface area contributed by atoms with Gasteiger partial charge in [-0.2, -0.15) is 0 Å². The molecule has 2 N–H and O–H groups in total. The summed E-state index contributed by atoms with van der Waals surface area (Å²) < 4.78 is 29.3. The van der Waals surface area contributed by atoms with Gasteiger partial charge in [0, 0.05) is 6.07 Å². The Labute approximate surface area is 122 Å². The normalized spacial score (nSPS) is 11.2. The summed E-state index contributed by atoms with van der Waals surface area (Å²) in [5, 5.41) is 0. The summed E-state index contributed by atoms with van der Waals surface area (Å²) in [7, 11) is 0. The van der Waals surface area contributed by atoms with Gasteiger partial charge >= 0.3 is 0 Å². The number of rotatable bonds is 1. The van der Waals surface area contributed by atoms with Crippen LogP contribution in [-0.2, 0) is 0 Å². The molecule has 0 fully saturated rings. The fraction of sp³-hybridized carbons (Fsp3) is 0.0714. The van der Waals surface area contributed by atoms with Crippen molar-refractivity contribution >= 4 is 32.9 Å². The molecule has 3 rings (SSSR count). The van der Waals surface area contributed by atoms with Crippen LogP contribution in [0.15, 0.2) is 34.8 Å². The van der Waals surface area contributed by atoms with Crippen LogP contribution in [0.3, 0.4) is 0 Å². The zero-order valence-electron chi connectivity index (χ0n) is 10.5. The molecule has 1 aromatic heterocycles. The molecule has 3 nitrogen and oxygen atoms in total. The number of imidazole rings is 1. The molecule has 0 atom stereocenters. The van der Waals surface area contributed by atoms with Crippen LogP contribution < -0.4 is 5.73 Å². The van der Waals surface area contributed by atoms with Crippen LogP contribution in [0.2, 0.25) is 0 Å². The van der Waals surface area contributed by atoms with E-state index in [2.05, 4.69) is 20.9 Å². The van der Waals surface area contributed by atoms with Crippen LogP contribution in [0.5, 0.6) is 0 Å². The smallest absolute Gasteiger partial charge is 0.206 e. The van der Waals surface area contributed by atoms with Gasteiger partial charge in [0.15, 0.2) is 0 Å². The molecule has 0 amide bonds. The lowest BCUT2D eigenvalue weighted by molar-refractivity contribution is 0.619. The topological polar surface area (TPSA) is 43.8 Å². The highest BCUT2D eigenvalue weighted by molar-refractivity contribution is 9.10. The monoisotopic (exact) mass is 337 g/mol. The summed E-state index contributed by atoms with van der Waals surface area (Å²) in [5.74, 6) is -0.740. The van der Waals surface area contributed by atoms with Crippen molar-refractivity contribution in [3.63, 3.8) is 0 Å². The molecule has 0 unspecified atom stereocenters. The van der Waals surface area contributed by atoms with Gasteiger partial charge in [0.05, 0.1) is 21.2 Å². The van der Waals surface area contributed by atoms with Crippen molar-refractivity contribution in [1.82, 2.24) is 9.55 Å². The Morgan fingerprint density at radius 1 is 1.15 bits per heavy atom. The third-order valence-electron chi connectivity index (χ3n) is 3.07. The van der Waals surface area contributed by atoms with E-state index in [9.17, 15) is 8.78 Å². The van der Waals surface area contributed by atoms with Gasteiger partial charge in [-0.3, -0.25) is 4.57 Å². The molecular formula is C14H10BrF2N3. The summed E-state index contributed by atoms with van der Waals surface area (Å²) in [6.07, 6.45) is 0. The first kappa shape index (κ1) is 13.1. The van der Waals surface area contributed by atoms with Crippen LogP contribution in [0.25, 0.3) is 16.7 Å². The first-order valence-electron chi connectivity index (χ1n) is 5.87. The third-order valence-corrected chi connectivity index (χ3v) is 3.67. The van der Waals surface area contributed by atoms with Crippen LogP contribution >= 0.6 is 15.9 Å². The zero-order chi connectivity index (χ0) is 14.4. The highest BCUT2D eigenvalue weighted by Crippen LogP contribution is 2.29. The predicted octanol–water partition coefficient (Wildman–Crippen LogP) is 3.96. The third kappa shape index (κ3) is 1.96. The number of aromatic nitrogens is 2. The maximum absolute atomic E-state index is 14.0. The van der Waals surface area contributed by atoms with Crippen molar-refractivity contribution in [3.05, 3.63) is 52.0 Å². The number of benzene rings is 2. The molecule has 0 aliphatic rings. The van der Waals surface area contributed by atoms with Gasteiger partial charge in [0.2, 0.25) is 5.95 Å². The van der Waals surface area contributed by atoms with Crippen LogP contribution in [0.1, 0.15) is 5.56 Å². The molecular weight excluding hydrogens is 328 g/mol. The Balaban J connectivity index is 2.38. The molecule has 20 heavy (non-hydrogen) atoms. The second kappa shape index (κ2) is 4.56. The molecule has 0 saturated heterocycles. The van der Waals surface area contributed by atoms with Gasteiger partial charge in [-0.05, 0) is 46.6 Å². The van der Waals surface area contributed by atoms with Crippen molar-refractivity contribution < 1.29 is 8.78 Å². The van der Waals surface area contributed by atoms with E-state index in [1.807, 2.05) is 6.92 Å². The van der Waals surface area contributed by atoms with E-state index in [0.717, 1.165) is 5.56 Å². The van der Waals surface area contributed by atoms with E-state index in [1.54, 1.807) is 12.1 Å². The summed E-state index contributed by atoms with van der Waals surface area (Å²) in [4.78, 5) is 4.08. The lowest BCUT2D eigenvalue weighted by atomic mass is 10.2. The van der Waals surface area contributed by atoms with Gasteiger partial charge in [0.1, 0.15) is 11.6 Å². The number of hydrogen-bond acceptors (Lipinski definition) is 2. The molecule has 0 spiro atoms. The Morgan fingerprint density at radius 2 is 1.90 bits per heavy atom. The first-order chi connectivity index (χ1) is 9.47. The Hall–Kier alpha value is -1.95. The standard InChI is InChI=1S/C14H10BrF2N3/c1-7-2-3-9(16)12(4-7)20-13-5-8(15)10(17)6-11(13)19-14(20)18/h2-6H,1H3,(H2,18,19). The second-order valence-electron chi connectivity index (χ2n) is 4.52. The summed E-state index contributed by atoms with van der Waals surface area (Å²) >= 11 is 3.11. The molecule has 0 aliphatic carbocycles. The number of hydrogen-bond donors (Lipinski definition) is 1. The minimum Gasteiger partial charge on any atom is -0.369 e. The summed E-state index contributed by atoms with van der Waals surface area (Å²) in [6, 6.07) is 7.51. The quantitative estimate of drug-likeness (QED) is 0.730. The molecule has 0 radical (unpaired) electrons. The SMILES string of the molecule is Cc1ccc(F)c(-n2c(N)nc3cc(F)c(Br)cc32)c1. The van der Waals surface area contributed by atoms with E-state index in [4.69, 9.17) is 5.73 Å². The van der Waals surface area contributed by atoms with Crippen molar-refractivity contribution in [2.24, 2.45) is 0 Å². The molecule has 0 aliphatic heterocycles. The predicted molar refractivity (Wildman–Crippen MR) is 77.8 cm³/mol. The average molecular weight is 338 g/mol. The first-order valence-corrected chi connectivity index (χ1v) is 6.66. The lowest BCUT2D eigenvalue weighted by Gasteiger charge is -2.09. The molecule has 6 heteroatoms. The maximum Gasteiger partial charge on any atom is 0.206 e. The number of nitrogen functional groups attached to an aromatic ring is 1. The van der Waals surface area contributed by atoms with Crippen LogP contribution in [0, 0.1) is 18.6 Å².